The number of rotatable bonds is 16. The normalized spacial score (nSPS) is 24.7. The third-order valence-corrected chi connectivity index (χ3v) is 5.07. The minimum absolute atomic E-state index is 0.279. The maximum Gasteiger partial charge on any atom is 0.114 e. The Labute approximate surface area is 153 Å². The van der Waals surface area contributed by atoms with Gasteiger partial charge in [-0.2, -0.15) is 0 Å². The van der Waals surface area contributed by atoms with Gasteiger partial charge in [0.15, 0.2) is 0 Å². The number of hydrogen-bond donors (Lipinski definition) is 3. The van der Waals surface area contributed by atoms with Crippen molar-refractivity contribution in [2.45, 2.75) is 108 Å². The minimum atomic E-state index is -1.05. The number of hydrogen-bond acceptors (Lipinski definition) is 5. The van der Waals surface area contributed by atoms with Crippen LogP contribution in [0.15, 0.2) is 0 Å². The first kappa shape index (κ1) is 22.8. The van der Waals surface area contributed by atoms with Crippen LogP contribution in [0.25, 0.3) is 0 Å². The van der Waals surface area contributed by atoms with Crippen molar-refractivity contribution in [3.05, 3.63) is 0 Å². The minimum Gasteiger partial charge on any atom is -0.394 e. The fraction of sp³-hybridized carbons (Fsp3) is 1.00. The highest BCUT2D eigenvalue weighted by Gasteiger charge is 2.40. The first-order valence-corrected chi connectivity index (χ1v) is 10.4. The molecule has 0 aliphatic carbocycles. The molecule has 1 aliphatic rings. The van der Waals surface area contributed by atoms with Gasteiger partial charge in [-0.25, -0.2) is 0 Å². The van der Waals surface area contributed by atoms with Crippen molar-refractivity contribution in [1.29, 1.82) is 0 Å². The Kier molecular flexibility index (Phi) is 13.6. The molecule has 3 N–H and O–H groups in total. The van der Waals surface area contributed by atoms with Crippen LogP contribution in [-0.4, -0.2) is 59.6 Å². The van der Waals surface area contributed by atoms with E-state index in [0.29, 0.717) is 6.61 Å². The van der Waals surface area contributed by atoms with Gasteiger partial charge in [0, 0.05) is 6.61 Å². The summed E-state index contributed by atoms with van der Waals surface area (Å²) in [4.78, 5) is 0. The standard InChI is InChI=1S/C20H40O5/c1-2-3-4-5-6-7-8-9-10-11-12-13-14-24-18-16-25-20(19(18)23)17(22)15-21/h17-23H,2-16H2,1H3/t17-,18+,19+,20+/m0/s1. The molecule has 5 heteroatoms. The summed E-state index contributed by atoms with van der Waals surface area (Å²) in [6, 6.07) is 0. The largest absolute Gasteiger partial charge is 0.394 e. The zero-order valence-corrected chi connectivity index (χ0v) is 16.1. The second kappa shape index (κ2) is 14.9. The van der Waals surface area contributed by atoms with E-state index in [1.54, 1.807) is 0 Å². The summed E-state index contributed by atoms with van der Waals surface area (Å²) < 4.78 is 11.0. The van der Waals surface area contributed by atoms with Gasteiger partial charge in [0.1, 0.15) is 24.4 Å². The molecule has 1 rings (SSSR count). The molecule has 1 heterocycles. The quantitative estimate of drug-likeness (QED) is 0.368. The van der Waals surface area contributed by atoms with E-state index in [4.69, 9.17) is 14.6 Å². The number of aliphatic hydroxyl groups excluding tert-OH is 3. The van der Waals surface area contributed by atoms with E-state index in [9.17, 15) is 10.2 Å². The summed E-state index contributed by atoms with van der Waals surface area (Å²) in [6.07, 6.45) is 12.6. The van der Waals surface area contributed by atoms with Gasteiger partial charge in [-0.15, -0.1) is 0 Å². The zero-order chi connectivity index (χ0) is 18.3. The molecule has 0 amide bonds. The lowest BCUT2D eigenvalue weighted by Gasteiger charge is -2.20. The molecular formula is C20H40O5. The average molecular weight is 361 g/mol. The summed E-state index contributed by atoms with van der Waals surface area (Å²) in [5, 5.41) is 28.5. The number of unbranched alkanes of at least 4 members (excludes halogenated alkanes) is 11. The molecule has 4 atom stereocenters. The maximum absolute atomic E-state index is 10.0. The average Bonchev–Trinajstić information content (AvgIpc) is 2.99. The molecule has 150 valence electrons. The Morgan fingerprint density at radius 3 is 1.96 bits per heavy atom. The molecule has 0 radical (unpaired) electrons. The van der Waals surface area contributed by atoms with E-state index in [2.05, 4.69) is 6.92 Å². The van der Waals surface area contributed by atoms with Crippen molar-refractivity contribution in [3.63, 3.8) is 0 Å². The Morgan fingerprint density at radius 2 is 1.44 bits per heavy atom. The van der Waals surface area contributed by atoms with Crippen LogP contribution >= 0.6 is 0 Å². The van der Waals surface area contributed by atoms with Crippen LogP contribution in [0.4, 0.5) is 0 Å². The Balaban J connectivity index is 1.86. The molecule has 0 aromatic heterocycles. The van der Waals surface area contributed by atoms with Crippen molar-refractivity contribution in [2.24, 2.45) is 0 Å². The smallest absolute Gasteiger partial charge is 0.114 e. The lowest BCUT2D eigenvalue weighted by atomic mass is 10.1. The fourth-order valence-corrected chi connectivity index (χ4v) is 3.38. The van der Waals surface area contributed by atoms with Crippen LogP contribution in [0.5, 0.6) is 0 Å². The SMILES string of the molecule is CCCCCCCCCCCCCCO[C@@H]1CO[C@H]([C@@H](O)CO)[C@@H]1O. The van der Waals surface area contributed by atoms with Gasteiger partial charge in [-0.1, -0.05) is 77.6 Å². The third kappa shape index (κ3) is 9.90. The van der Waals surface area contributed by atoms with Crippen molar-refractivity contribution < 1.29 is 24.8 Å². The first-order valence-electron chi connectivity index (χ1n) is 10.4. The van der Waals surface area contributed by atoms with Gasteiger partial charge in [-0.3, -0.25) is 0 Å². The van der Waals surface area contributed by atoms with Crippen LogP contribution in [0.2, 0.25) is 0 Å². The summed E-state index contributed by atoms with van der Waals surface area (Å²) >= 11 is 0. The van der Waals surface area contributed by atoms with Gasteiger partial charge in [0.05, 0.1) is 13.2 Å². The van der Waals surface area contributed by atoms with Gasteiger partial charge >= 0.3 is 0 Å². The lowest BCUT2D eigenvalue weighted by molar-refractivity contribution is -0.0730. The predicted octanol–water partition coefficient (Wildman–Crippen LogP) is 3.19. The van der Waals surface area contributed by atoms with Gasteiger partial charge in [0.2, 0.25) is 0 Å². The highest BCUT2D eigenvalue weighted by atomic mass is 16.6. The summed E-state index contributed by atoms with van der Waals surface area (Å²) in [7, 11) is 0. The van der Waals surface area contributed by atoms with E-state index in [1.807, 2.05) is 0 Å². The Morgan fingerprint density at radius 1 is 0.920 bits per heavy atom. The molecule has 0 unspecified atom stereocenters. The molecule has 0 aromatic rings. The van der Waals surface area contributed by atoms with Crippen LogP contribution in [0.1, 0.15) is 84.0 Å². The second-order valence-electron chi connectivity index (χ2n) is 7.34. The van der Waals surface area contributed by atoms with Gasteiger partial charge in [0.25, 0.3) is 0 Å². The zero-order valence-electron chi connectivity index (χ0n) is 16.1. The highest BCUT2D eigenvalue weighted by Crippen LogP contribution is 2.20. The molecule has 1 fully saturated rings. The molecule has 25 heavy (non-hydrogen) atoms. The first-order chi connectivity index (χ1) is 12.2. The molecule has 0 aromatic carbocycles. The van der Waals surface area contributed by atoms with Gasteiger partial charge in [-0.05, 0) is 6.42 Å². The van der Waals surface area contributed by atoms with Crippen LogP contribution < -0.4 is 0 Å². The van der Waals surface area contributed by atoms with E-state index in [1.165, 1.54) is 64.2 Å². The van der Waals surface area contributed by atoms with Crippen molar-refractivity contribution in [2.75, 3.05) is 19.8 Å². The Hall–Kier alpha value is -0.200. The van der Waals surface area contributed by atoms with Crippen molar-refractivity contribution in [3.8, 4) is 0 Å². The van der Waals surface area contributed by atoms with Crippen molar-refractivity contribution in [1.82, 2.24) is 0 Å². The highest BCUT2D eigenvalue weighted by molar-refractivity contribution is 4.88. The summed E-state index contributed by atoms with van der Waals surface area (Å²) in [6.45, 7) is 2.74. The predicted molar refractivity (Wildman–Crippen MR) is 99.7 cm³/mol. The van der Waals surface area contributed by atoms with Crippen LogP contribution in [-0.2, 0) is 9.47 Å². The maximum atomic E-state index is 10.0. The molecule has 0 spiro atoms. The summed E-state index contributed by atoms with van der Waals surface area (Å²) in [5.41, 5.74) is 0. The van der Waals surface area contributed by atoms with E-state index in [0.717, 1.165) is 12.8 Å². The molecule has 0 saturated carbocycles. The van der Waals surface area contributed by atoms with Crippen molar-refractivity contribution >= 4 is 0 Å². The van der Waals surface area contributed by atoms with E-state index >= 15 is 0 Å². The number of aliphatic hydroxyl groups is 3. The third-order valence-electron chi connectivity index (χ3n) is 5.07. The molecule has 1 saturated heterocycles. The fourth-order valence-electron chi connectivity index (χ4n) is 3.38. The second-order valence-corrected chi connectivity index (χ2v) is 7.34. The molecule has 1 aliphatic heterocycles. The summed E-state index contributed by atoms with van der Waals surface area (Å²) in [5.74, 6) is 0. The number of ether oxygens (including phenoxy) is 2. The topological polar surface area (TPSA) is 79.2 Å². The van der Waals surface area contributed by atoms with E-state index in [-0.39, 0.29) is 12.7 Å². The van der Waals surface area contributed by atoms with Crippen LogP contribution in [0, 0.1) is 0 Å². The molecular weight excluding hydrogens is 320 g/mol. The van der Waals surface area contributed by atoms with E-state index < -0.39 is 24.9 Å². The van der Waals surface area contributed by atoms with Gasteiger partial charge < -0.3 is 24.8 Å². The Bertz CT molecular complexity index is 300. The lowest BCUT2D eigenvalue weighted by Crippen LogP contribution is -2.41. The molecule has 0 bridgehead atoms. The molecule has 5 nitrogen and oxygen atoms in total. The van der Waals surface area contributed by atoms with Crippen LogP contribution in [0.3, 0.4) is 0 Å². The monoisotopic (exact) mass is 360 g/mol.